The topological polar surface area (TPSA) is 129 Å². The van der Waals surface area contributed by atoms with Crippen LogP contribution in [0.3, 0.4) is 0 Å². The van der Waals surface area contributed by atoms with Crippen LogP contribution in [-0.4, -0.2) is 14.8 Å². The minimum Gasteiger partial charge on any atom is -0.258 e. The number of nitrogens with zero attached hydrogens (tertiary/aromatic N) is 3. The van der Waals surface area contributed by atoms with Crippen LogP contribution in [0, 0.1) is 30.3 Å². The van der Waals surface area contributed by atoms with Crippen molar-refractivity contribution in [3.8, 4) is 0 Å². The van der Waals surface area contributed by atoms with Crippen LogP contribution < -0.4 is 0 Å². The molecule has 8 aromatic carbocycles. The predicted octanol–water partition coefficient (Wildman–Crippen LogP) is 8.89. The van der Waals surface area contributed by atoms with E-state index in [2.05, 4.69) is 60.7 Å². The van der Waals surface area contributed by atoms with Crippen LogP contribution in [0.25, 0.3) is 64.6 Å². The van der Waals surface area contributed by atoms with E-state index in [1.54, 1.807) is 6.07 Å². The molecule has 0 spiro atoms. The monoisotopic (exact) mass is 539 g/mol. The molecule has 0 saturated carbocycles. The van der Waals surface area contributed by atoms with Gasteiger partial charge in [0, 0.05) is 16.8 Å². The highest BCUT2D eigenvalue weighted by Gasteiger charge is 2.27. The number of hydrogen-bond donors (Lipinski definition) is 0. The van der Waals surface area contributed by atoms with E-state index >= 15 is 0 Å². The first-order valence-corrected chi connectivity index (χ1v) is 12.6. The molecule has 0 bridgehead atoms. The maximum Gasteiger partial charge on any atom is 0.284 e. The summed E-state index contributed by atoms with van der Waals surface area (Å²) in [6, 6.07) is 31.6. The zero-order chi connectivity index (χ0) is 28.4. The molecule has 0 fully saturated rings. The van der Waals surface area contributed by atoms with Crippen molar-refractivity contribution in [3.63, 3.8) is 0 Å². The van der Waals surface area contributed by atoms with Crippen molar-refractivity contribution >= 4 is 81.7 Å². The molecule has 0 aliphatic heterocycles. The summed E-state index contributed by atoms with van der Waals surface area (Å²) in [7, 11) is 0. The van der Waals surface area contributed by atoms with Gasteiger partial charge >= 0.3 is 0 Å². The molecule has 9 heteroatoms. The molecule has 0 aromatic heterocycles. The van der Waals surface area contributed by atoms with Gasteiger partial charge in [0.15, 0.2) is 0 Å². The van der Waals surface area contributed by atoms with Crippen molar-refractivity contribution in [2.24, 2.45) is 0 Å². The summed E-state index contributed by atoms with van der Waals surface area (Å²) >= 11 is 0. The Morgan fingerprint density at radius 1 is 0.366 bits per heavy atom. The van der Waals surface area contributed by atoms with Crippen molar-refractivity contribution in [1.29, 1.82) is 0 Å². The molecule has 0 radical (unpaired) electrons. The van der Waals surface area contributed by atoms with Crippen molar-refractivity contribution in [1.82, 2.24) is 0 Å². The van der Waals surface area contributed by atoms with Crippen LogP contribution in [0.15, 0.2) is 103 Å². The summed E-state index contributed by atoms with van der Waals surface area (Å²) in [4.78, 5) is 32.1. The number of nitro groups is 3. The fourth-order valence-electron chi connectivity index (χ4n) is 5.98. The minimum atomic E-state index is -0.687. The Hall–Kier alpha value is -5.96. The molecule has 0 aliphatic rings. The largest absolute Gasteiger partial charge is 0.284 e. The molecule has 0 saturated heterocycles. The Balaban J connectivity index is 0.000000147. The van der Waals surface area contributed by atoms with Gasteiger partial charge in [-0.15, -0.1) is 0 Å². The average molecular weight is 540 g/mol. The van der Waals surface area contributed by atoms with Gasteiger partial charge in [-0.2, -0.15) is 0 Å². The summed E-state index contributed by atoms with van der Waals surface area (Å²) in [5, 5.41) is 44.2. The van der Waals surface area contributed by atoms with E-state index < -0.39 is 26.1 Å². The summed E-state index contributed by atoms with van der Waals surface area (Å²) in [5.41, 5.74) is -0.962. The predicted molar refractivity (Wildman–Crippen MR) is 160 cm³/mol. The van der Waals surface area contributed by atoms with Gasteiger partial charge in [-0.25, -0.2) is 0 Å². The Morgan fingerprint density at radius 3 is 1.15 bits per heavy atom. The lowest BCUT2D eigenvalue weighted by atomic mass is 9.92. The highest BCUT2D eigenvalue weighted by Crippen LogP contribution is 2.44. The molecule has 0 amide bonds. The molecule has 0 N–H and O–H groups in total. The van der Waals surface area contributed by atoms with Crippen LogP contribution in [0.1, 0.15) is 0 Å². The Morgan fingerprint density at radius 2 is 0.707 bits per heavy atom. The fourth-order valence-corrected chi connectivity index (χ4v) is 5.98. The van der Waals surface area contributed by atoms with Gasteiger partial charge in [0.25, 0.3) is 17.1 Å². The first kappa shape index (κ1) is 24.1. The quantitative estimate of drug-likeness (QED) is 0.125. The molecule has 41 heavy (non-hydrogen) atoms. The lowest BCUT2D eigenvalue weighted by Gasteiger charge is -2.11. The third-order valence-corrected chi connectivity index (χ3v) is 7.70. The van der Waals surface area contributed by atoms with E-state index in [4.69, 9.17) is 0 Å². The maximum absolute atomic E-state index is 11.4. The lowest BCUT2D eigenvalue weighted by Crippen LogP contribution is -1.97. The molecular weight excluding hydrogens is 522 g/mol. The highest BCUT2D eigenvalue weighted by molar-refractivity contribution is 6.28. The molecule has 0 unspecified atom stereocenters. The van der Waals surface area contributed by atoms with Crippen molar-refractivity contribution in [2.45, 2.75) is 0 Å². The van der Waals surface area contributed by atoms with Crippen LogP contribution in [0.2, 0.25) is 0 Å². The van der Waals surface area contributed by atoms with Crippen LogP contribution in [0.4, 0.5) is 17.1 Å². The number of hydrogen-bond acceptors (Lipinski definition) is 6. The van der Waals surface area contributed by atoms with E-state index in [-0.39, 0.29) is 21.8 Å². The Bertz CT molecular complexity index is 2200. The standard InChI is InChI=1S/C16H7N3O6.C16H10/c20-17(21)12-6-2-8-1-3-10-13(18(22)23)7-14(19(24)25)11-5-4-9(12)15(8)16(10)11;1-3-11-7-9-13-5-2-6-14-10-8-12(4-1)15(11)16(13)14/h1-7H;1-10H. The highest BCUT2D eigenvalue weighted by atomic mass is 16.6. The average Bonchev–Trinajstić information content (AvgIpc) is 2.98. The van der Waals surface area contributed by atoms with E-state index in [0.29, 0.717) is 16.2 Å². The van der Waals surface area contributed by atoms with E-state index in [9.17, 15) is 30.3 Å². The van der Waals surface area contributed by atoms with Crippen molar-refractivity contribution in [3.05, 3.63) is 133 Å². The molecule has 9 nitrogen and oxygen atoms in total. The van der Waals surface area contributed by atoms with Gasteiger partial charge in [-0.05, 0) is 62.0 Å². The number of rotatable bonds is 3. The maximum atomic E-state index is 11.4. The second kappa shape index (κ2) is 8.78. The summed E-state index contributed by atoms with van der Waals surface area (Å²) in [6.07, 6.45) is 0. The Kier molecular flexibility index (Phi) is 5.16. The summed E-state index contributed by atoms with van der Waals surface area (Å²) in [5.74, 6) is 0. The third-order valence-electron chi connectivity index (χ3n) is 7.70. The molecule has 0 atom stereocenters. The summed E-state index contributed by atoms with van der Waals surface area (Å²) in [6.45, 7) is 0. The normalized spacial score (nSPS) is 11.5. The first-order chi connectivity index (χ1) is 19.8. The van der Waals surface area contributed by atoms with Gasteiger partial charge < -0.3 is 0 Å². The van der Waals surface area contributed by atoms with Crippen LogP contribution in [0.5, 0.6) is 0 Å². The summed E-state index contributed by atoms with van der Waals surface area (Å²) < 4.78 is 0. The lowest BCUT2D eigenvalue weighted by molar-refractivity contribution is -0.392. The molecule has 8 aromatic rings. The van der Waals surface area contributed by atoms with Gasteiger partial charge in [0.1, 0.15) is 0 Å². The zero-order valence-electron chi connectivity index (χ0n) is 21.1. The second-order valence-corrected chi connectivity index (χ2v) is 9.81. The Labute approximate surface area is 230 Å². The number of benzene rings is 8. The van der Waals surface area contributed by atoms with Crippen LogP contribution in [-0.2, 0) is 0 Å². The van der Waals surface area contributed by atoms with Gasteiger partial charge in [0.2, 0.25) is 0 Å². The smallest absolute Gasteiger partial charge is 0.258 e. The van der Waals surface area contributed by atoms with E-state index in [1.165, 1.54) is 62.6 Å². The van der Waals surface area contributed by atoms with Gasteiger partial charge in [-0.1, -0.05) is 66.7 Å². The fraction of sp³-hybridized carbons (Fsp3) is 0. The zero-order valence-corrected chi connectivity index (χ0v) is 21.1. The van der Waals surface area contributed by atoms with Crippen molar-refractivity contribution in [2.75, 3.05) is 0 Å². The van der Waals surface area contributed by atoms with Gasteiger partial charge in [-0.3, -0.25) is 30.3 Å². The number of non-ortho nitro benzene ring substituents is 3. The SMILES string of the molecule is O=[N+]([O-])c1ccc2ccc3c([N+](=O)[O-])cc([N+](=O)[O-])c4ccc1c2c34.c1cc2ccc3cccc4ccc(c1)c2c34. The molecule has 196 valence electrons. The molecule has 8 rings (SSSR count). The third kappa shape index (κ3) is 3.56. The number of nitro benzene ring substituents is 3. The van der Waals surface area contributed by atoms with E-state index in [0.717, 1.165) is 6.07 Å². The molecule has 0 aliphatic carbocycles. The van der Waals surface area contributed by atoms with Crippen molar-refractivity contribution < 1.29 is 14.8 Å². The molecular formula is C32H17N3O6. The van der Waals surface area contributed by atoms with E-state index in [1.807, 2.05) is 0 Å². The molecule has 0 heterocycles. The van der Waals surface area contributed by atoms with Crippen LogP contribution >= 0.6 is 0 Å². The second-order valence-electron chi connectivity index (χ2n) is 9.81. The first-order valence-electron chi connectivity index (χ1n) is 12.6. The van der Waals surface area contributed by atoms with Gasteiger partial charge in [0.05, 0.1) is 37.0 Å². The minimum absolute atomic E-state index is 0.156.